The van der Waals surface area contributed by atoms with Crippen molar-refractivity contribution in [2.45, 2.75) is 11.3 Å². The van der Waals surface area contributed by atoms with Crippen molar-refractivity contribution in [3.63, 3.8) is 0 Å². The molecule has 0 unspecified atom stereocenters. The summed E-state index contributed by atoms with van der Waals surface area (Å²) in [6, 6.07) is 1.63. The molecular formula is C10H9ClF2O4S. The Balaban J connectivity index is 3.37. The standard InChI is InChI=1S/C10H9ClF2O4S/c11-6-4-7(10(14)15)9(13)8(5-6)18(16,17)3-1-2-12/h4-5H,1-3H2,(H,14,15). The smallest absolute Gasteiger partial charge is 0.338 e. The van der Waals surface area contributed by atoms with Gasteiger partial charge in [0.25, 0.3) is 0 Å². The number of carboxylic acids is 1. The van der Waals surface area contributed by atoms with Gasteiger partial charge in [-0.05, 0) is 18.6 Å². The first-order chi connectivity index (χ1) is 8.29. The van der Waals surface area contributed by atoms with Gasteiger partial charge in [0.15, 0.2) is 15.7 Å². The van der Waals surface area contributed by atoms with Crippen molar-refractivity contribution >= 4 is 27.4 Å². The maximum absolute atomic E-state index is 13.7. The highest BCUT2D eigenvalue weighted by Crippen LogP contribution is 2.25. The SMILES string of the molecule is O=C(O)c1cc(Cl)cc(S(=O)(=O)CCCF)c1F. The van der Waals surface area contributed by atoms with Gasteiger partial charge in [0.2, 0.25) is 0 Å². The lowest BCUT2D eigenvalue weighted by atomic mass is 10.2. The van der Waals surface area contributed by atoms with Gasteiger partial charge in [-0.15, -0.1) is 0 Å². The second kappa shape index (κ2) is 5.62. The topological polar surface area (TPSA) is 71.4 Å². The molecule has 1 aromatic carbocycles. The predicted octanol–water partition coefficient (Wildman–Crippen LogP) is 2.31. The summed E-state index contributed by atoms with van der Waals surface area (Å²) in [6.45, 7) is -0.868. The van der Waals surface area contributed by atoms with Gasteiger partial charge < -0.3 is 5.11 Å². The number of hydrogen-bond acceptors (Lipinski definition) is 3. The van der Waals surface area contributed by atoms with E-state index in [1.165, 1.54) is 0 Å². The fourth-order valence-electron chi connectivity index (χ4n) is 1.30. The summed E-state index contributed by atoms with van der Waals surface area (Å²) in [5, 5.41) is 8.49. The van der Waals surface area contributed by atoms with E-state index in [-0.39, 0.29) is 11.4 Å². The van der Waals surface area contributed by atoms with Crippen LogP contribution in [0, 0.1) is 5.82 Å². The molecule has 0 atom stereocenters. The number of halogens is 3. The number of rotatable bonds is 5. The zero-order chi connectivity index (χ0) is 13.9. The van der Waals surface area contributed by atoms with Gasteiger partial charge >= 0.3 is 5.97 Å². The van der Waals surface area contributed by atoms with E-state index in [0.29, 0.717) is 0 Å². The number of aromatic carboxylic acids is 1. The van der Waals surface area contributed by atoms with Crippen molar-refractivity contribution in [1.29, 1.82) is 0 Å². The van der Waals surface area contributed by atoms with Gasteiger partial charge in [-0.1, -0.05) is 11.6 Å². The highest BCUT2D eigenvalue weighted by Gasteiger charge is 2.24. The number of carbonyl (C=O) groups is 1. The predicted molar refractivity (Wildman–Crippen MR) is 61.0 cm³/mol. The molecule has 8 heteroatoms. The quantitative estimate of drug-likeness (QED) is 0.905. The molecule has 0 amide bonds. The van der Waals surface area contributed by atoms with E-state index >= 15 is 0 Å². The van der Waals surface area contributed by atoms with Crippen LogP contribution in [0.4, 0.5) is 8.78 Å². The average molecular weight is 299 g/mol. The molecule has 0 aliphatic rings. The van der Waals surface area contributed by atoms with Crippen LogP contribution < -0.4 is 0 Å². The molecular weight excluding hydrogens is 290 g/mol. The number of alkyl halides is 1. The molecule has 0 spiro atoms. The zero-order valence-electron chi connectivity index (χ0n) is 8.99. The molecule has 18 heavy (non-hydrogen) atoms. The Morgan fingerprint density at radius 3 is 2.50 bits per heavy atom. The third-order valence-corrected chi connectivity index (χ3v) is 4.13. The van der Waals surface area contributed by atoms with Gasteiger partial charge in [-0.3, -0.25) is 4.39 Å². The van der Waals surface area contributed by atoms with Crippen LogP contribution in [-0.2, 0) is 9.84 Å². The molecule has 0 aliphatic heterocycles. The van der Waals surface area contributed by atoms with Crippen LogP contribution in [0.2, 0.25) is 5.02 Å². The number of hydrogen-bond donors (Lipinski definition) is 1. The Kier molecular flexibility index (Phi) is 4.64. The van der Waals surface area contributed by atoms with Crippen LogP contribution in [0.15, 0.2) is 17.0 Å². The maximum Gasteiger partial charge on any atom is 0.338 e. The molecule has 0 heterocycles. The van der Waals surface area contributed by atoms with Gasteiger partial charge in [-0.2, -0.15) is 0 Å². The third-order valence-electron chi connectivity index (χ3n) is 2.12. The van der Waals surface area contributed by atoms with Crippen molar-refractivity contribution in [3.8, 4) is 0 Å². The first kappa shape index (κ1) is 14.8. The maximum atomic E-state index is 13.7. The molecule has 4 nitrogen and oxygen atoms in total. The van der Waals surface area contributed by atoms with Crippen LogP contribution in [-0.4, -0.2) is 31.9 Å². The van der Waals surface area contributed by atoms with Crippen LogP contribution >= 0.6 is 11.6 Å². The molecule has 0 aromatic heterocycles. The first-order valence-electron chi connectivity index (χ1n) is 4.80. The molecule has 1 rings (SSSR count). The van der Waals surface area contributed by atoms with Crippen LogP contribution in [0.5, 0.6) is 0 Å². The fraction of sp³-hybridized carbons (Fsp3) is 0.300. The van der Waals surface area contributed by atoms with Crippen molar-refractivity contribution in [2.75, 3.05) is 12.4 Å². The number of benzene rings is 1. The van der Waals surface area contributed by atoms with E-state index in [0.717, 1.165) is 12.1 Å². The summed E-state index contributed by atoms with van der Waals surface area (Å²) in [5.41, 5.74) is -0.832. The van der Waals surface area contributed by atoms with Crippen LogP contribution in [0.1, 0.15) is 16.8 Å². The molecule has 0 saturated heterocycles. The minimum absolute atomic E-state index is 0.215. The molecule has 0 fully saturated rings. The Bertz CT molecular complexity index is 571. The summed E-state index contributed by atoms with van der Waals surface area (Å²) in [7, 11) is -4.09. The van der Waals surface area contributed by atoms with E-state index in [1.54, 1.807) is 0 Å². The van der Waals surface area contributed by atoms with Gasteiger partial charge in [0.05, 0.1) is 18.0 Å². The summed E-state index contributed by atoms with van der Waals surface area (Å²) >= 11 is 5.54. The van der Waals surface area contributed by atoms with Crippen molar-refractivity contribution < 1.29 is 27.1 Å². The van der Waals surface area contributed by atoms with Gasteiger partial charge in [0, 0.05) is 5.02 Å². The van der Waals surface area contributed by atoms with Crippen molar-refractivity contribution in [2.24, 2.45) is 0 Å². The van der Waals surface area contributed by atoms with Crippen molar-refractivity contribution in [3.05, 3.63) is 28.5 Å². The minimum Gasteiger partial charge on any atom is -0.478 e. The van der Waals surface area contributed by atoms with Gasteiger partial charge in [0.1, 0.15) is 4.90 Å². The average Bonchev–Trinajstić information content (AvgIpc) is 2.28. The summed E-state index contributed by atoms with van der Waals surface area (Å²) in [6.07, 6.45) is -0.295. The second-order valence-electron chi connectivity index (χ2n) is 3.43. The van der Waals surface area contributed by atoms with Crippen molar-refractivity contribution in [1.82, 2.24) is 0 Å². The number of sulfone groups is 1. The van der Waals surface area contributed by atoms with Crippen LogP contribution in [0.3, 0.4) is 0 Å². The summed E-state index contributed by atoms with van der Waals surface area (Å²) in [5.74, 6) is -3.62. The van der Waals surface area contributed by atoms with E-state index in [1.807, 2.05) is 0 Å². The first-order valence-corrected chi connectivity index (χ1v) is 6.83. The molecule has 0 bridgehead atoms. The lowest BCUT2D eigenvalue weighted by Gasteiger charge is -2.07. The number of carboxylic acid groups (broad SMARTS) is 1. The Morgan fingerprint density at radius 1 is 1.39 bits per heavy atom. The second-order valence-corrected chi connectivity index (χ2v) is 5.95. The third kappa shape index (κ3) is 3.17. The van der Waals surface area contributed by atoms with Crippen LogP contribution in [0.25, 0.3) is 0 Å². The Hall–Kier alpha value is -1.21. The van der Waals surface area contributed by atoms with E-state index in [9.17, 15) is 22.0 Å². The monoisotopic (exact) mass is 298 g/mol. The normalized spacial score (nSPS) is 11.5. The summed E-state index contributed by atoms with van der Waals surface area (Å²) in [4.78, 5) is 9.90. The largest absolute Gasteiger partial charge is 0.478 e. The van der Waals surface area contributed by atoms with E-state index in [2.05, 4.69) is 0 Å². The fourth-order valence-corrected chi connectivity index (χ4v) is 2.98. The highest BCUT2D eigenvalue weighted by molar-refractivity contribution is 7.91. The molecule has 100 valence electrons. The lowest BCUT2D eigenvalue weighted by Crippen LogP contribution is -2.12. The molecule has 0 aliphatic carbocycles. The molecule has 1 aromatic rings. The highest BCUT2D eigenvalue weighted by atomic mass is 35.5. The minimum atomic E-state index is -4.09. The Labute approximate surface area is 107 Å². The van der Waals surface area contributed by atoms with Gasteiger partial charge in [-0.25, -0.2) is 17.6 Å². The lowest BCUT2D eigenvalue weighted by molar-refractivity contribution is 0.0691. The molecule has 1 N–H and O–H groups in total. The zero-order valence-corrected chi connectivity index (χ0v) is 10.6. The summed E-state index contributed by atoms with van der Waals surface area (Å²) < 4.78 is 49.0. The Morgan fingerprint density at radius 2 is 2.00 bits per heavy atom. The molecule has 0 saturated carbocycles. The van der Waals surface area contributed by atoms with E-state index < -0.39 is 44.5 Å². The van der Waals surface area contributed by atoms with E-state index in [4.69, 9.17) is 16.7 Å². The molecule has 0 radical (unpaired) electrons.